The summed E-state index contributed by atoms with van der Waals surface area (Å²) in [6.07, 6.45) is 12.5. The number of rotatable bonds is 12. The molecule has 216 valence electrons. The lowest BCUT2D eigenvalue weighted by atomic mass is 9.72. The number of benzene rings is 1. The third kappa shape index (κ3) is 6.32. The molecule has 2 aliphatic rings. The molecule has 9 nitrogen and oxygen atoms in total. The average molecular weight is 548 g/mol. The Hall–Kier alpha value is -3.01. The van der Waals surface area contributed by atoms with Crippen LogP contribution in [0.1, 0.15) is 75.7 Å². The zero-order chi connectivity index (χ0) is 28.1. The zero-order valence-corrected chi connectivity index (χ0v) is 24.2. The van der Waals surface area contributed by atoms with E-state index in [1.54, 1.807) is 12.4 Å². The summed E-state index contributed by atoms with van der Waals surface area (Å²) in [5, 5.41) is 10.2. The van der Waals surface area contributed by atoms with Crippen LogP contribution in [-0.2, 0) is 31.0 Å². The van der Waals surface area contributed by atoms with Gasteiger partial charge in [0.15, 0.2) is 0 Å². The van der Waals surface area contributed by atoms with Crippen LogP contribution in [0, 0.1) is 5.41 Å². The Bertz CT molecular complexity index is 1150. The molecule has 4 heterocycles. The van der Waals surface area contributed by atoms with E-state index in [9.17, 15) is 9.90 Å². The van der Waals surface area contributed by atoms with Crippen LogP contribution in [0.3, 0.4) is 0 Å². The molecule has 2 fully saturated rings. The Balaban J connectivity index is 1.24. The van der Waals surface area contributed by atoms with Gasteiger partial charge in [-0.05, 0) is 68.7 Å². The van der Waals surface area contributed by atoms with Crippen LogP contribution >= 0.6 is 0 Å². The van der Waals surface area contributed by atoms with E-state index >= 15 is 0 Å². The Labute approximate surface area is 238 Å². The van der Waals surface area contributed by atoms with Crippen molar-refractivity contribution in [2.24, 2.45) is 5.41 Å². The van der Waals surface area contributed by atoms with Crippen molar-refractivity contribution in [3.05, 3.63) is 71.8 Å². The maximum atomic E-state index is 12.4. The van der Waals surface area contributed by atoms with Gasteiger partial charge in [0.05, 0.1) is 13.1 Å². The largest absolute Gasteiger partial charge is 0.480 e. The van der Waals surface area contributed by atoms with Gasteiger partial charge in [-0.15, -0.1) is 0 Å². The van der Waals surface area contributed by atoms with Gasteiger partial charge in [-0.2, -0.15) is 0 Å². The molecule has 40 heavy (non-hydrogen) atoms. The van der Waals surface area contributed by atoms with Gasteiger partial charge in [0.1, 0.15) is 17.7 Å². The second-order valence-electron chi connectivity index (χ2n) is 11.8. The lowest BCUT2D eigenvalue weighted by Crippen LogP contribution is -2.48. The summed E-state index contributed by atoms with van der Waals surface area (Å²) < 4.78 is 0. The van der Waals surface area contributed by atoms with Crippen molar-refractivity contribution in [1.29, 1.82) is 0 Å². The van der Waals surface area contributed by atoms with Gasteiger partial charge >= 0.3 is 5.97 Å². The first-order valence-corrected chi connectivity index (χ1v) is 14.9. The highest BCUT2D eigenvalue weighted by atomic mass is 16.4. The molecule has 1 aromatic carbocycles. The van der Waals surface area contributed by atoms with E-state index in [4.69, 9.17) is 0 Å². The van der Waals surface area contributed by atoms with Crippen LogP contribution in [0.25, 0.3) is 0 Å². The molecule has 2 aromatic heterocycles. The number of carboxylic acid groups (broad SMARTS) is 1. The Morgan fingerprint density at radius 2 is 1.57 bits per heavy atom. The molecule has 0 saturated carbocycles. The number of carbonyl (C=O) groups is 1. The normalized spacial score (nSPS) is 21.6. The summed E-state index contributed by atoms with van der Waals surface area (Å²) in [5.41, 5.74) is 2.46. The van der Waals surface area contributed by atoms with Crippen LogP contribution in [0.15, 0.2) is 49.1 Å². The SMILES string of the molecule is CCC(CC)N1CCC2(CC1)C[C@@H](C(=O)O)N(Cc1ccc(CN(Cc3ncc[nH]3)Cc3ncc[nH]3)cc1)C2C. The van der Waals surface area contributed by atoms with Gasteiger partial charge in [0.2, 0.25) is 0 Å². The van der Waals surface area contributed by atoms with Crippen molar-refractivity contribution in [3.8, 4) is 0 Å². The van der Waals surface area contributed by atoms with E-state index in [0.29, 0.717) is 25.7 Å². The molecule has 2 aliphatic heterocycles. The minimum Gasteiger partial charge on any atom is -0.480 e. The second-order valence-corrected chi connectivity index (χ2v) is 11.8. The number of hydrogen-bond donors (Lipinski definition) is 3. The lowest BCUT2D eigenvalue weighted by Gasteiger charge is -2.45. The first-order chi connectivity index (χ1) is 19.4. The fourth-order valence-corrected chi connectivity index (χ4v) is 7.11. The second kappa shape index (κ2) is 12.7. The maximum absolute atomic E-state index is 12.4. The molecule has 1 unspecified atom stereocenters. The van der Waals surface area contributed by atoms with E-state index in [1.807, 2.05) is 12.4 Å². The fraction of sp³-hybridized carbons (Fsp3) is 0.581. The van der Waals surface area contributed by atoms with Crippen LogP contribution in [0.5, 0.6) is 0 Å². The number of aromatic amines is 2. The minimum absolute atomic E-state index is 0.0870. The molecule has 2 atom stereocenters. The van der Waals surface area contributed by atoms with E-state index in [0.717, 1.165) is 56.1 Å². The molecular formula is C31H45N7O2. The van der Waals surface area contributed by atoms with Crippen molar-refractivity contribution < 1.29 is 9.90 Å². The smallest absolute Gasteiger partial charge is 0.320 e. The van der Waals surface area contributed by atoms with Gasteiger partial charge in [0, 0.05) is 50.0 Å². The van der Waals surface area contributed by atoms with Gasteiger partial charge in [-0.25, -0.2) is 9.97 Å². The van der Waals surface area contributed by atoms with Crippen molar-refractivity contribution >= 4 is 5.97 Å². The summed E-state index contributed by atoms with van der Waals surface area (Å²) in [7, 11) is 0. The van der Waals surface area contributed by atoms with E-state index in [-0.39, 0.29) is 11.5 Å². The highest BCUT2D eigenvalue weighted by Crippen LogP contribution is 2.49. The number of nitrogens with one attached hydrogen (secondary N) is 2. The number of carboxylic acids is 1. The predicted molar refractivity (Wildman–Crippen MR) is 155 cm³/mol. The monoisotopic (exact) mass is 547 g/mol. The number of H-pyrrole nitrogens is 2. The number of aromatic nitrogens is 4. The summed E-state index contributed by atoms with van der Waals surface area (Å²) in [5.74, 6) is 1.16. The first kappa shape index (κ1) is 28.5. The molecule has 0 aliphatic carbocycles. The number of aliphatic carboxylic acids is 1. The lowest BCUT2D eigenvalue weighted by molar-refractivity contribution is -0.142. The van der Waals surface area contributed by atoms with Crippen molar-refractivity contribution in [2.45, 2.75) is 97.2 Å². The van der Waals surface area contributed by atoms with Crippen molar-refractivity contribution in [2.75, 3.05) is 13.1 Å². The summed E-state index contributed by atoms with van der Waals surface area (Å²) in [6, 6.07) is 9.15. The number of nitrogens with zero attached hydrogens (tertiary/aromatic N) is 5. The summed E-state index contributed by atoms with van der Waals surface area (Å²) in [4.78, 5) is 34.8. The van der Waals surface area contributed by atoms with Crippen LogP contribution in [0.4, 0.5) is 0 Å². The molecule has 0 bridgehead atoms. The van der Waals surface area contributed by atoms with Gasteiger partial charge in [-0.1, -0.05) is 38.1 Å². The van der Waals surface area contributed by atoms with Gasteiger partial charge in [-0.3, -0.25) is 14.6 Å². The first-order valence-electron chi connectivity index (χ1n) is 14.9. The Morgan fingerprint density at radius 1 is 1.00 bits per heavy atom. The van der Waals surface area contributed by atoms with E-state index < -0.39 is 12.0 Å². The number of hydrogen-bond acceptors (Lipinski definition) is 6. The molecule has 0 amide bonds. The zero-order valence-electron chi connectivity index (χ0n) is 24.2. The van der Waals surface area contributed by atoms with E-state index in [2.05, 4.69) is 79.7 Å². The standard InChI is InChI=1S/C31H45N7O2/c1-4-26(5-2)37-16-10-31(11-17-37)18-27(30(39)40)38(23(31)3)20-25-8-6-24(7-9-25)19-36(21-28-32-12-13-33-28)22-29-34-14-15-35-29/h6-9,12-15,23,26-27H,4-5,10-11,16-22H2,1-3H3,(H,32,33)(H,34,35)(H,39,40)/t23?,27-/m0/s1. The van der Waals surface area contributed by atoms with Crippen molar-refractivity contribution in [3.63, 3.8) is 0 Å². The predicted octanol–water partition coefficient (Wildman–Crippen LogP) is 4.65. The fourth-order valence-electron chi connectivity index (χ4n) is 7.11. The van der Waals surface area contributed by atoms with Crippen LogP contribution in [0.2, 0.25) is 0 Å². The molecule has 3 aromatic rings. The number of piperidine rings is 1. The maximum Gasteiger partial charge on any atom is 0.320 e. The summed E-state index contributed by atoms with van der Waals surface area (Å²) in [6.45, 7) is 11.8. The van der Waals surface area contributed by atoms with Gasteiger partial charge < -0.3 is 20.0 Å². The molecule has 1 spiro atoms. The van der Waals surface area contributed by atoms with Crippen molar-refractivity contribution in [1.82, 2.24) is 34.6 Å². The molecule has 3 N–H and O–H groups in total. The Morgan fingerprint density at radius 3 is 2.08 bits per heavy atom. The average Bonchev–Trinajstić information content (AvgIpc) is 3.71. The minimum atomic E-state index is -0.686. The highest BCUT2D eigenvalue weighted by Gasteiger charge is 2.53. The molecule has 2 saturated heterocycles. The van der Waals surface area contributed by atoms with Gasteiger partial charge in [0.25, 0.3) is 0 Å². The van der Waals surface area contributed by atoms with E-state index in [1.165, 1.54) is 18.4 Å². The molecular weight excluding hydrogens is 502 g/mol. The number of imidazole rings is 2. The van der Waals surface area contributed by atoms with Crippen LogP contribution in [-0.4, -0.2) is 76.9 Å². The summed E-state index contributed by atoms with van der Waals surface area (Å²) >= 11 is 0. The molecule has 9 heteroatoms. The third-order valence-electron chi connectivity index (χ3n) is 9.57. The molecule has 5 rings (SSSR count). The quantitative estimate of drug-likeness (QED) is 0.303. The van der Waals surface area contributed by atoms with Crippen LogP contribution < -0.4 is 0 Å². The number of likely N-dealkylation sites (tertiary alicyclic amines) is 2. The molecule has 0 radical (unpaired) electrons. The third-order valence-corrected chi connectivity index (χ3v) is 9.57. The Kier molecular flexibility index (Phi) is 9.03. The topological polar surface area (TPSA) is 104 Å². The highest BCUT2D eigenvalue weighted by molar-refractivity contribution is 5.74.